The maximum Gasteiger partial charge on any atom is 0.328 e. The summed E-state index contributed by atoms with van der Waals surface area (Å²) in [6.07, 6.45) is -4.16. The number of carbonyl (C=O) groups excluding carboxylic acids is 2. The molecule has 2 aliphatic heterocycles. The SMILES string of the molecule is CO[C@H]1N([C@H]2CC(F)[C@@H](CO)O2)C(=O)NC(=O)[C@]1(C)I. The maximum atomic E-state index is 13.7. The first-order chi connectivity index (χ1) is 9.32. The van der Waals surface area contributed by atoms with E-state index < -0.39 is 46.7 Å². The number of nitrogens with zero attached hydrogens (tertiary/aromatic N) is 1. The molecule has 2 heterocycles. The summed E-state index contributed by atoms with van der Waals surface area (Å²) in [5.41, 5.74) is 0. The highest BCUT2D eigenvalue weighted by Crippen LogP contribution is 2.36. The fraction of sp³-hybridized carbons (Fsp3) is 0.818. The van der Waals surface area contributed by atoms with Crippen LogP contribution in [-0.4, -0.2) is 63.8 Å². The number of urea groups is 1. The van der Waals surface area contributed by atoms with Crippen LogP contribution in [0.25, 0.3) is 0 Å². The zero-order valence-corrected chi connectivity index (χ0v) is 13.2. The molecule has 2 rings (SSSR count). The van der Waals surface area contributed by atoms with Gasteiger partial charge in [0.1, 0.15) is 21.9 Å². The van der Waals surface area contributed by atoms with Crippen LogP contribution in [0, 0.1) is 0 Å². The highest BCUT2D eigenvalue weighted by Gasteiger charge is 2.54. The number of amides is 3. The monoisotopic (exact) mass is 402 g/mol. The Labute approximate surface area is 128 Å². The number of imide groups is 1. The van der Waals surface area contributed by atoms with Gasteiger partial charge in [-0.1, -0.05) is 22.6 Å². The summed E-state index contributed by atoms with van der Waals surface area (Å²) in [4.78, 5) is 25.0. The van der Waals surface area contributed by atoms with Crippen LogP contribution in [-0.2, 0) is 14.3 Å². The summed E-state index contributed by atoms with van der Waals surface area (Å²) >= 11 is 1.88. The van der Waals surface area contributed by atoms with E-state index >= 15 is 0 Å². The summed E-state index contributed by atoms with van der Waals surface area (Å²) in [5, 5.41) is 11.2. The average Bonchev–Trinajstić information content (AvgIpc) is 2.74. The van der Waals surface area contributed by atoms with Gasteiger partial charge in [0, 0.05) is 13.5 Å². The van der Waals surface area contributed by atoms with Crippen molar-refractivity contribution in [2.75, 3.05) is 13.7 Å². The van der Waals surface area contributed by atoms with Crippen LogP contribution in [0.1, 0.15) is 13.3 Å². The van der Waals surface area contributed by atoms with Gasteiger partial charge in [-0.05, 0) is 6.92 Å². The van der Waals surface area contributed by atoms with Gasteiger partial charge in [-0.2, -0.15) is 0 Å². The fourth-order valence-corrected chi connectivity index (χ4v) is 3.09. The summed E-state index contributed by atoms with van der Waals surface area (Å²) in [6.45, 7) is 1.15. The molecular formula is C11H16FIN2O5. The number of rotatable bonds is 3. The minimum atomic E-state index is -1.37. The predicted octanol–water partition coefficient (Wildman–Crippen LogP) is 0.150. The van der Waals surface area contributed by atoms with Crippen molar-refractivity contribution in [2.24, 2.45) is 0 Å². The van der Waals surface area contributed by atoms with Gasteiger partial charge in [-0.15, -0.1) is 0 Å². The Morgan fingerprint density at radius 2 is 2.30 bits per heavy atom. The Morgan fingerprint density at radius 3 is 2.80 bits per heavy atom. The molecule has 0 aromatic carbocycles. The Balaban J connectivity index is 2.25. The number of methoxy groups -OCH3 is 1. The number of aliphatic hydroxyl groups excluding tert-OH is 1. The van der Waals surface area contributed by atoms with E-state index in [1.165, 1.54) is 12.0 Å². The second kappa shape index (κ2) is 5.70. The van der Waals surface area contributed by atoms with Gasteiger partial charge in [0.05, 0.1) is 6.61 Å². The van der Waals surface area contributed by atoms with E-state index in [9.17, 15) is 14.0 Å². The fourth-order valence-electron chi connectivity index (χ4n) is 2.40. The van der Waals surface area contributed by atoms with E-state index in [1.54, 1.807) is 6.92 Å². The number of alkyl halides is 2. The minimum absolute atomic E-state index is 0.0700. The second-order valence-corrected chi connectivity index (χ2v) is 7.13. The normalized spacial score (nSPS) is 42.0. The van der Waals surface area contributed by atoms with Gasteiger partial charge < -0.3 is 14.6 Å². The number of carbonyl (C=O) groups is 2. The van der Waals surface area contributed by atoms with Crippen molar-refractivity contribution >= 4 is 34.5 Å². The van der Waals surface area contributed by atoms with Crippen LogP contribution in [0.2, 0.25) is 0 Å². The van der Waals surface area contributed by atoms with E-state index in [2.05, 4.69) is 5.32 Å². The molecule has 2 saturated heterocycles. The quantitative estimate of drug-likeness (QED) is 0.519. The third-order valence-corrected chi connectivity index (χ3v) is 4.51. The van der Waals surface area contributed by atoms with Crippen molar-refractivity contribution in [2.45, 2.75) is 41.5 Å². The average molecular weight is 402 g/mol. The molecule has 1 unspecified atom stereocenters. The first-order valence-electron chi connectivity index (χ1n) is 6.08. The molecule has 0 aromatic heterocycles. The van der Waals surface area contributed by atoms with Gasteiger partial charge >= 0.3 is 6.03 Å². The van der Waals surface area contributed by atoms with Gasteiger partial charge in [0.2, 0.25) is 5.91 Å². The van der Waals surface area contributed by atoms with E-state index in [-0.39, 0.29) is 6.42 Å². The summed E-state index contributed by atoms with van der Waals surface area (Å²) in [5.74, 6) is -0.472. The summed E-state index contributed by atoms with van der Waals surface area (Å²) in [7, 11) is 1.37. The molecule has 5 atom stereocenters. The third-order valence-electron chi connectivity index (χ3n) is 3.49. The molecule has 7 nitrogen and oxygen atoms in total. The highest BCUT2D eigenvalue weighted by molar-refractivity contribution is 14.1. The number of aliphatic hydroxyl groups is 1. The Hall–Kier alpha value is -0.520. The molecule has 114 valence electrons. The van der Waals surface area contributed by atoms with Crippen LogP contribution in [0.15, 0.2) is 0 Å². The van der Waals surface area contributed by atoms with Crippen molar-refractivity contribution in [3.63, 3.8) is 0 Å². The van der Waals surface area contributed by atoms with Crippen LogP contribution >= 0.6 is 22.6 Å². The molecule has 3 amide bonds. The van der Waals surface area contributed by atoms with Crippen LogP contribution in [0.5, 0.6) is 0 Å². The lowest BCUT2D eigenvalue weighted by Crippen LogP contribution is -2.69. The van der Waals surface area contributed by atoms with Crippen LogP contribution in [0.3, 0.4) is 0 Å². The lowest BCUT2D eigenvalue weighted by molar-refractivity contribution is -0.152. The number of hydrogen-bond donors (Lipinski definition) is 2. The Morgan fingerprint density at radius 1 is 1.65 bits per heavy atom. The highest BCUT2D eigenvalue weighted by atomic mass is 127. The van der Waals surface area contributed by atoms with Crippen molar-refractivity contribution < 1.29 is 28.6 Å². The zero-order chi connectivity index (χ0) is 15.1. The van der Waals surface area contributed by atoms with Crippen LogP contribution < -0.4 is 5.32 Å². The van der Waals surface area contributed by atoms with Crippen LogP contribution in [0.4, 0.5) is 9.18 Å². The topological polar surface area (TPSA) is 88.1 Å². The second-order valence-electron chi connectivity index (χ2n) is 4.89. The predicted molar refractivity (Wildman–Crippen MR) is 73.9 cm³/mol. The van der Waals surface area contributed by atoms with Crippen molar-refractivity contribution in [1.82, 2.24) is 10.2 Å². The van der Waals surface area contributed by atoms with Gasteiger partial charge in [0.25, 0.3) is 0 Å². The molecule has 0 radical (unpaired) electrons. The van der Waals surface area contributed by atoms with Crippen molar-refractivity contribution in [3.8, 4) is 0 Å². The minimum Gasteiger partial charge on any atom is -0.394 e. The van der Waals surface area contributed by atoms with Crippen molar-refractivity contribution in [1.29, 1.82) is 0 Å². The molecule has 0 aromatic rings. The maximum absolute atomic E-state index is 13.7. The first kappa shape index (κ1) is 15.9. The first-order valence-corrected chi connectivity index (χ1v) is 7.16. The van der Waals surface area contributed by atoms with Gasteiger partial charge in [-0.3, -0.25) is 15.0 Å². The molecule has 2 N–H and O–H groups in total. The smallest absolute Gasteiger partial charge is 0.328 e. The standard InChI is InChI=1S/C11H16FIN2O5/c1-11(13)8(17)14-10(18)15(9(11)19-2)7-3-5(12)6(4-16)20-7/h5-7,9,16H,3-4H2,1-2H3,(H,14,17,18)/t5?,6-,7-,9-,11+/m1/s1. The van der Waals surface area contributed by atoms with E-state index in [1.807, 2.05) is 22.6 Å². The lowest BCUT2D eigenvalue weighted by Gasteiger charge is -2.44. The Kier molecular flexibility index (Phi) is 4.52. The van der Waals surface area contributed by atoms with E-state index in [0.717, 1.165) is 0 Å². The number of hydrogen-bond acceptors (Lipinski definition) is 5. The number of ether oxygens (including phenoxy) is 2. The third kappa shape index (κ3) is 2.51. The molecule has 0 aliphatic carbocycles. The number of nitrogens with one attached hydrogen (secondary N) is 1. The summed E-state index contributed by atoms with van der Waals surface area (Å²) < 4.78 is 23.2. The molecule has 0 saturated carbocycles. The molecule has 0 bridgehead atoms. The summed E-state index contributed by atoms with van der Waals surface area (Å²) in [6, 6.07) is -0.688. The number of halogens is 2. The molecule has 9 heteroatoms. The molecule has 20 heavy (non-hydrogen) atoms. The molecule has 0 spiro atoms. The van der Waals surface area contributed by atoms with E-state index in [0.29, 0.717) is 0 Å². The molecule has 2 aliphatic rings. The molecule has 2 fully saturated rings. The lowest BCUT2D eigenvalue weighted by atomic mass is 10.1. The zero-order valence-electron chi connectivity index (χ0n) is 11.0. The van der Waals surface area contributed by atoms with Crippen molar-refractivity contribution in [3.05, 3.63) is 0 Å². The van der Waals surface area contributed by atoms with Gasteiger partial charge in [-0.25, -0.2) is 9.18 Å². The molecular weight excluding hydrogens is 386 g/mol. The van der Waals surface area contributed by atoms with Gasteiger partial charge in [0.15, 0.2) is 6.23 Å². The Bertz CT molecular complexity index is 422. The largest absolute Gasteiger partial charge is 0.394 e. The van der Waals surface area contributed by atoms with E-state index in [4.69, 9.17) is 14.6 Å².